The second kappa shape index (κ2) is 9.97. The molecule has 0 bridgehead atoms. The van der Waals surface area contributed by atoms with E-state index in [-0.39, 0.29) is 24.6 Å². The molecule has 0 radical (unpaired) electrons. The number of amides is 1. The van der Waals surface area contributed by atoms with Crippen LogP contribution in [-0.2, 0) is 6.61 Å². The average Bonchev–Trinajstić information content (AvgIpc) is 3.49. The number of rotatable bonds is 9. The summed E-state index contributed by atoms with van der Waals surface area (Å²) in [4.78, 5) is 28.0. The molecule has 0 saturated carbocycles. The molecule has 2 heterocycles. The monoisotopic (exact) mass is 445 g/mol. The fourth-order valence-corrected chi connectivity index (χ4v) is 3.35. The average molecular weight is 445 g/mol. The number of nitrogens with zero attached hydrogens (tertiary/aromatic N) is 1. The number of ether oxygens (including phenoxy) is 1. The van der Waals surface area contributed by atoms with Gasteiger partial charge in [0.05, 0.1) is 12.2 Å². The molecule has 4 rings (SSSR count). The zero-order chi connectivity index (χ0) is 23.2. The van der Waals surface area contributed by atoms with Crippen molar-refractivity contribution in [2.45, 2.75) is 13.5 Å². The van der Waals surface area contributed by atoms with Crippen LogP contribution in [0.15, 0.2) is 71.4 Å². The number of aryl methyl sites for hydroxylation is 1. The highest BCUT2D eigenvalue weighted by atomic mass is 16.5. The molecule has 8 heteroatoms. The van der Waals surface area contributed by atoms with Gasteiger partial charge in [0.15, 0.2) is 5.78 Å². The third kappa shape index (κ3) is 5.02. The Morgan fingerprint density at radius 2 is 1.88 bits per heavy atom. The number of H-pyrrole nitrogens is 1. The van der Waals surface area contributed by atoms with E-state index in [4.69, 9.17) is 14.4 Å². The first kappa shape index (κ1) is 22.0. The van der Waals surface area contributed by atoms with Crippen molar-refractivity contribution in [3.63, 3.8) is 0 Å². The number of aromatic amines is 1. The van der Waals surface area contributed by atoms with Crippen molar-refractivity contribution < 1.29 is 24.0 Å². The summed E-state index contributed by atoms with van der Waals surface area (Å²) in [6.07, 6.45) is 1.47. The molecule has 0 unspecified atom stereocenters. The SMILES string of the molecule is Cc1onc(-c2ccc(OCc3ccccc3)cc2)c1C(=O)c1c[nH]c(C(=O)NCCO)c1. The Hall–Kier alpha value is -4.17. The Bertz CT molecular complexity index is 1240. The maximum atomic E-state index is 13.2. The zero-order valence-electron chi connectivity index (χ0n) is 18.0. The van der Waals surface area contributed by atoms with Crippen molar-refractivity contribution in [1.82, 2.24) is 15.5 Å². The van der Waals surface area contributed by atoms with Crippen molar-refractivity contribution in [3.05, 3.63) is 95.0 Å². The minimum atomic E-state index is -0.406. The highest BCUT2D eigenvalue weighted by Crippen LogP contribution is 2.29. The number of aliphatic hydroxyl groups excluding tert-OH is 1. The van der Waals surface area contributed by atoms with E-state index >= 15 is 0 Å². The number of ketones is 1. The van der Waals surface area contributed by atoms with Crippen molar-refractivity contribution in [2.24, 2.45) is 0 Å². The van der Waals surface area contributed by atoms with E-state index in [1.807, 2.05) is 54.6 Å². The predicted octanol–water partition coefficient (Wildman–Crippen LogP) is 3.51. The van der Waals surface area contributed by atoms with Gasteiger partial charge in [0, 0.05) is 23.9 Å². The van der Waals surface area contributed by atoms with Crippen molar-refractivity contribution in [2.75, 3.05) is 13.2 Å². The van der Waals surface area contributed by atoms with E-state index in [0.29, 0.717) is 40.5 Å². The number of aromatic nitrogens is 2. The van der Waals surface area contributed by atoms with Gasteiger partial charge < -0.3 is 24.7 Å². The minimum Gasteiger partial charge on any atom is -0.489 e. The van der Waals surface area contributed by atoms with E-state index in [9.17, 15) is 9.59 Å². The van der Waals surface area contributed by atoms with Gasteiger partial charge in [0.25, 0.3) is 5.91 Å². The molecular formula is C25H23N3O5. The lowest BCUT2D eigenvalue weighted by molar-refractivity contribution is 0.0940. The lowest BCUT2D eigenvalue weighted by atomic mass is 9.99. The number of nitrogens with one attached hydrogen (secondary N) is 2. The molecule has 3 N–H and O–H groups in total. The Morgan fingerprint density at radius 1 is 1.12 bits per heavy atom. The maximum absolute atomic E-state index is 13.2. The zero-order valence-corrected chi connectivity index (χ0v) is 18.0. The molecule has 0 aliphatic rings. The first-order valence-electron chi connectivity index (χ1n) is 10.4. The number of carbonyl (C=O) groups is 2. The second-order valence-corrected chi connectivity index (χ2v) is 7.37. The molecule has 0 aliphatic carbocycles. The Kier molecular flexibility index (Phi) is 6.66. The molecule has 0 aliphatic heterocycles. The summed E-state index contributed by atoms with van der Waals surface area (Å²) in [5.41, 5.74) is 3.05. The van der Waals surface area contributed by atoms with Gasteiger partial charge in [-0.1, -0.05) is 35.5 Å². The van der Waals surface area contributed by atoms with E-state index in [0.717, 1.165) is 5.56 Å². The molecule has 168 valence electrons. The van der Waals surface area contributed by atoms with Crippen LogP contribution >= 0.6 is 0 Å². The Morgan fingerprint density at radius 3 is 2.61 bits per heavy atom. The Labute approximate surface area is 190 Å². The topological polar surface area (TPSA) is 117 Å². The quantitative estimate of drug-likeness (QED) is 0.340. The van der Waals surface area contributed by atoms with Crippen LogP contribution < -0.4 is 10.1 Å². The summed E-state index contributed by atoms with van der Waals surface area (Å²) in [5, 5.41) is 15.5. The van der Waals surface area contributed by atoms with Crippen LogP contribution in [0.1, 0.15) is 37.7 Å². The van der Waals surface area contributed by atoms with Gasteiger partial charge in [-0.3, -0.25) is 9.59 Å². The van der Waals surface area contributed by atoms with Crippen LogP contribution in [0.25, 0.3) is 11.3 Å². The summed E-state index contributed by atoms with van der Waals surface area (Å²) < 4.78 is 11.1. The number of hydrogen-bond donors (Lipinski definition) is 3. The van der Waals surface area contributed by atoms with E-state index in [1.54, 1.807) is 6.92 Å². The summed E-state index contributed by atoms with van der Waals surface area (Å²) >= 11 is 0. The van der Waals surface area contributed by atoms with Crippen LogP contribution in [0.2, 0.25) is 0 Å². The van der Waals surface area contributed by atoms with Crippen LogP contribution in [0.5, 0.6) is 5.75 Å². The lowest BCUT2D eigenvalue weighted by Gasteiger charge is -2.07. The fourth-order valence-electron chi connectivity index (χ4n) is 3.35. The largest absolute Gasteiger partial charge is 0.489 e. The standard InChI is InChI=1S/C25H23N3O5/c1-16-22(24(30)19-13-21(27-14-19)25(31)26-11-12-29)23(28-33-16)18-7-9-20(10-8-18)32-15-17-5-3-2-4-6-17/h2-10,13-14,27,29H,11-12,15H2,1H3,(H,26,31). The number of aliphatic hydroxyl groups is 1. The predicted molar refractivity (Wildman–Crippen MR) is 121 cm³/mol. The molecule has 0 atom stereocenters. The van der Waals surface area contributed by atoms with Crippen LogP contribution in [0, 0.1) is 6.92 Å². The van der Waals surface area contributed by atoms with Crippen LogP contribution in [0.4, 0.5) is 0 Å². The summed E-state index contributed by atoms with van der Waals surface area (Å²) in [7, 11) is 0. The third-order valence-corrected chi connectivity index (χ3v) is 5.05. The van der Waals surface area contributed by atoms with E-state index < -0.39 is 5.91 Å². The highest BCUT2D eigenvalue weighted by molar-refractivity contribution is 6.13. The molecule has 2 aromatic heterocycles. The molecule has 33 heavy (non-hydrogen) atoms. The normalized spacial score (nSPS) is 10.7. The number of benzene rings is 2. The third-order valence-electron chi connectivity index (χ3n) is 5.05. The van der Waals surface area contributed by atoms with Crippen molar-refractivity contribution in [3.8, 4) is 17.0 Å². The van der Waals surface area contributed by atoms with E-state index in [1.165, 1.54) is 12.3 Å². The van der Waals surface area contributed by atoms with Crippen LogP contribution in [0.3, 0.4) is 0 Å². The molecule has 0 fully saturated rings. The van der Waals surface area contributed by atoms with E-state index in [2.05, 4.69) is 15.5 Å². The second-order valence-electron chi connectivity index (χ2n) is 7.37. The van der Waals surface area contributed by atoms with Gasteiger partial charge in [-0.15, -0.1) is 0 Å². The number of carbonyl (C=O) groups excluding carboxylic acids is 2. The maximum Gasteiger partial charge on any atom is 0.267 e. The Balaban J connectivity index is 1.51. The molecular weight excluding hydrogens is 422 g/mol. The highest BCUT2D eigenvalue weighted by Gasteiger charge is 2.24. The molecule has 0 spiro atoms. The van der Waals surface area contributed by atoms with Gasteiger partial charge in [-0.05, 0) is 42.8 Å². The summed E-state index contributed by atoms with van der Waals surface area (Å²) in [6, 6.07) is 18.6. The van der Waals surface area contributed by atoms with Crippen molar-refractivity contribution >= 4 is 11.7 Å². The van der Waals surface area contributed by atoms with Crippen LogP contribution in [-0.4, -0.2) is 40.1 Å². The molecule has 4 aromatic rings. The fraction of sp³-hybridized carbons (Fsp3) is 0.160. The minimum absolute atomic E-state index is 0.126. The first-order chi connectivity index (χ1) is 16.1. The van der Waals surface area contributed by atoms with Gasteiger partial charge in [-0.25, -0.2) is 0 Å². The molecule has 1 amide bonds. The molecule has 2 aromatic carbocycles. The smallest absolute Gasteiger partial charge is 0.267 e. The van der Waals surface area contributed by atoms with Gasteiger partial charge in [-0.2, -0.15) is 0 Å². The number of hydrogen-bond acceptors (Lipinski definition) is 6. The van der Waals surface area contributed by atoms with Gasteiger partial charge >= 0.3 is 0 Å². The molecule has 8 nitrogen and oxygen atoms in total. The van der Waals surface area contributed by atoms with Crippen molar-refractivity contribution in [1.29, 1.82) is 0 Å². The summed E-state index contributed by atoms with van der Waals surface area (Å²) in [5.74, 6) is 0.355. The van der Waals surface area contributed by atoms with Gasteiger partial charge in [0.1, 0.15) is 29.5 Å². The summed E-state index contributed by atoms with van der Waals surface area (Å²) in [6.45, 7) is 2.08. The lowest BCUT2D eigenvalue weighted by Crippen LogP contribution is -2.26. The first-order valence-corrected chi connectivity index (χ1v) is 10.4. The molecule has 0 saturated heterocycles. The van der Waals surface area contributed by atoms with Gasteiger partial charge in [0.2, 0.25) is 0 Å².